The molecule has 0 radical (unpaired) electrons. The Morgan fingerprint density at radius 1 is 1.32 bits per heavy atom. The van der Waals surface area contributed by atoms with Crippen molar-refractivity contribution in [3.63, 3.8) is 0 Å². The third-order valence-corrected chi connectivity index (χ3v) is 3.79. The van der Waals surface area contributed by atoms with Crippen molar-refractivity contribution in [1.82, 2.24) is 5.32 Å². The summed E-state index contributed by atoms with van der Waals surface area (Å²) >= 11 is 5.83. The maximum atomic E-state index is 12.2. The van der Waals surface area contributed by atoms with Crippen LogP contribution in [0.4, 0.5) is 0 Å². The molecular weight excluding hydrogens is 302 g/mol. The van der Waals surface area contributed by atoms with Crippen molar-refractivity contribution in [1.29, 1.82) is 0 Å². The summed E-state index contributed by atoms with van der Waals surface area (Å²) in [5, 5.41) is 3.53. The minimum Gasteiger partial charge on any atom is -0.478 e. The van der Waals surface area contributed by atoms with Crippen LogP contribution in [0.3, 0.4) is 0 Å². The van der Waals surface area contributed by atoms with Crippen LogP contribution >= 0.6 is 11.6 Å². The lowest BCUT2D eigenvalue weighted by molar-refractivity contribution is -0.134. The summed E-state index contributed by atoms with van der Waals surface area (Å²) in [6.07, 6.45) is 3.41. The van der Waals surface area contributed by atoms with E-state index in [-0.39, 0.29) is 5.91 Å². The molecule has 122 valence electrons. The van der Waals surface area contributed by atoms with Gasteiger partial charge in [0, 0.05) is 24.8 Å². The zero-order valence-corrected chi connectivity index (χ0v) is 14.0. The highest BCUT2D eigenvalue weighted by Gasteiger charge is 2.29. The second kappa shape index (κ2) is 7.84. The second-order valence-corrected chi connectivity index (χ2v) is 6.63. The number of amides is 1. The quantitative estimate of drug-likeness (QED) is 0.708. The Balaban J connectivity index is 1.66. The van der Waals surface area contributed by atoms with Crippen LogP contribution in [0.1, 0.15) is 33.1 Å². The first kappa shape index (κ1) is 17.1. The number of carbonyl (C=O) groups excluding carboxylic acids is 1. The lowest BCUT2D eigenvalue weighted by Gasteiger charge is -2.25. The van der Waals surface area contributed by atoms with Gasteiger partial charge in [-0.3, -0.25) is 4.79 Å². The van der Waals surface area contributed by atoms with Crippen molar-refractivity contribution < 1.29 is 14.3 Å². The minimum atomic E-state index is -0.928. The molecule has 1 aromatic carbocycles. The molecule has 0 aliphatic heterocycles. The lowest BCUT2D eigenvalue weighted by atomic mass is 10.1. The van der Waals surface area contributed by atoms with Crippen molar-refractivity contribution >= 4 is 17.5 Å². The van der Waals surface area contributed by atoms with Gasteiger partial charge in [-0.15, -0.1) is 0 Å². The van der Waals surface area contributed by atoms with Crippen LogP contribution in [0, 0.1) is 5.92 Å². The van der Waals surface area contributed by atoms with E-state index in [4.69, 9.17) is 21.1 Å². The largest absolute Gasteiger partial charge is 0.478 e. The van der Waals surface area contributed by atoms with E-state index in [1.54, 1.807) is 38.1 Å². The molecular formula is C17H24ClNO3. The van der Waals surface area contributed by atoms with Gasteiger partial charge < -0.3 is 14.8 Å². The lowest BCUT2D eigenvalue weighted by Crippen LogP contribution is -2.46. The zero-order chi connectivity index (χ0) is 16.0. The molecule has 5 heteroatoms. The van der Waals surface area contributed by atoms with E-state index in [0.717, 1.165) is 18.9 Å². The Bertz CT molecular complexity index is 483. The maximum Gasteiger partial charge on any atom is 0.263 e. The molecule has 0 unspecified atom stereocenters. The van der Waals surface area contributed by atoms with E-state index in [0.29, 0.717) is 23.9 Å². The van der Waals surface area contributed by atoms with Gasteiger partial charge in [0.25, 0.3) is 5.91 Å². The van der Waals surface area contributed by atoms with Crippen LogP contribution in [0.15, 0.2) is 24.3 Å². The number of hydrogen-bond donors (Lipinski definition) is 1. The van der Waals surface area contributed by atoms with Gasteiger partial charge in [-0.05, 0) is 63.3 Å². The fraction of sp³-hybridized carbons (Fsp3) is 0.588. The first-order valence-electron chi connectivity index (χ1n) is 7.78. The molecule has 4 nitrogen and oxygen atoms in total. The van der Waals surface area contributed by atoms with Crippen molar-refractivity contribution in [3.8, 4) is 5.75 Å². The summed E-state index contributed by atoms with van der Waals surface area (Å²) in [6, 6.07) is 6.98. The van der Waals surface area contributed by atoms with Crippen molar-refractivity contribution in [2.75, 3.05) is 19.8 Å². The highest BCUT2D eigenvalue weighted by Crippen LogP contribution is 2.28. The van der Waals surface area contributed by atoms with Gasteiger partial charge in [-0.2, -0.15) is 0 Å². The standard InChI is InChI=1S/C17H24ClNO3/c1-17(2,22-15-8-6-14(18)7-9-15)16(20)19-10-3-11-21-12-13-4-5-13/h6-9,13H,3-5,10-12H2,1-2H3,(H,19,20). The number of hydrogen-bond acceptors (Lipinski definition) is 3. The number of rotatable bonds is 9. The molecule has 0 heterocycles. The maximum absolute atomic E-state index is 12.2. The van der Waals surface area contributed by atoms with E-state index >= 15 is 0 Å². The Morgan fingerprint density at radius 2 is 2.00 bits per heavy atom. The molecule has 1 aliphatic rings. The smallest absolute Gasteiger partial charge is 0.263 e. The third-order valence-electron chi connectivity index (χ3n) is 3.53. The number of nitrogens with one attached hydrogen (secondary N) is 1. The van der Waals surface area contributed by atoms with Crippen molar-refractivity contribution in [3.05, 3.63) is 29.3 Å². The molecule has 2 rings (SSSR count). The van der Waals surface area contributed by atoms with Gasteiger partial charge >= 0.3 is 0 Å². The van der Waals surface area contributed by atoms with Crippen LogP contribution in [0.2, 0.25) is 5.02 Å². The molecule has 0 bridgehead atoms. The summed E-state index contributed by atoms with van der Waals surface area (Å²) in [6.45, 7) is 5.65. The van der Waals surface area contributed by atoms with E-state index in [1.807, 2.05) is 0 Å². The van der Waals surface area contributed by atoms with Crippen molar-refractivity contribution in [2.24, 2.45) is 5.92 Å². The third kappa shape index (κ3) is 5.85. The molecule has 0 spiro atoms. The van der Waals surface area contributed by atoms with E-state index in [1.165, 1.54) is 12.8 Å². The normalized spacial score (nSPS) is 14.7. The summed E-state index contributed by atoms with van der Waals surface area (Å²) in [5.41, 5.74) is -0.928. The van der Waals surface area contributed by atoms with Gasteiger partial charge in [0.15, 0.2) is 5.60 Å². The zero-order valence-electron chi connectivity index (χ0n) is 13.2. The molecule has 1 aliphatic carbocycles. The van der Waals surface area contributed by atoms with Crippen LogP contribution in [0.5, 0.6) is 5.75 Å². The monoisotopic (exact) mass is 325 g/mol. The van der Waals surface area contributed by atoms with E-state index in [9.17, 15) is 4.79 Å². The number of ether oxygens (including phenoxy) is 2. The van der Waals surface area contributed by atoms with E-state index < -0.39 is 5.60 Å². The Hall–Kier alpha value is -1.26. The van der Waals surface area contributed by atoms with Crippen molar-refractivity contribution in [2.45, 2.75) is 38.7 Å². The fourth-order valence-electron chi connectivity index (χ4n) is 1.97. The molecule has 22 heavy (non-hydrogen) atoms. The molecule has 1 aromatic rings. The van der Waals surface area contributed by atoms with Crippen LogP contribution in [-0.2, 0) is 9.53 Å². The van der Waals surface area contributed by atoms with Gasteiger partial charge in [-0.25, -0.2) is 0 Å². The molecule has 0 atom stereocenters. The highest BCUT2D eigenvalue weighted by atomic mass is 35.5. The predicted molar refractivity (Wildman–Crippen MR) is 87.3 cm³/mol. The molecule has 1 saturated carbocycles. The van der Waals surface area contributed by atoms with Gasteiger partial charge in [-0.1, -0.05) is 11.6 Å². The Labute approximate surface area is 137 Å². The summed E-state index contributed by atoms with van der Waals surface area (Å²) in [4.78, 5) is 12.2. The molecule has 1 N–H and O–H groups in total. The van der Waals surface area contributed by atoms with Crippen LogP contribution < -0.4 is 10.1 Å². The SMILES string of the molecule is CC(C)(Oc1ccc(Cl)cc1)C(=O)NCCCOCC1CC1. The van der Waals surface area contributed by atoms with Gasteiger partial charge in [0.2, 0.25) is 0 Å². The number of benzene rings is 1. The van der Waals surface area contributed by atoms with Gasteiger partial charge in [0.1, 0.15) is 5.75 Å². The molecule has 1 fully saturated rings. The van der Waals surface area contributed by atoms with Gasteiger partial charge in [0.05, 0.1) is 0 Å². The minimum absolute atomic E-state index is 0.135. The topological polar surface area (TPSA) is 47.6 Å². The number of carbonyl (C=O) groups is 1. The average Bonchev–Trinajstić information content (AvgIpc) is 3.29. The number of halogens is 1. The first-order chi connectivity index (χ1) is 10.5. The molecule has 0 aromatic heterocycles. The molecule has 1 amide bonds. The fourth-order valence-corrected chi connectivity index (χ4v) is 2.09. The average molecular weight is 326 g/mol. The second-order valence-electron chi connectivity index (χ2n) is 6.19. The first-order valence-corrected chi connectivity index (χ1v) is 8.16. The summed E-state index contributed by atoms with van der Waals surface area (Å²) in [5.74, 6) is 1.27. The molecule has 0 saturated heterocycles. The van der Waals surface area contributed by atoms with Crippen LogP contribution in [-0.4, -0.2) is 31.3 Å². The summed E-state index contributed by atoms with van der Waals surface area (Å²) < 4.78 is 11.3. The highest BCUT2D eigenvalue weighted by molar-refractivity contribution is 6.30. The Morgan fingerprint density at radius 3 is 2.64 bits per heavy atom. The Kier molecular flexibility index (Phi) is 6.09. The van der Waals surface area contributed by atoms with Crippen LogP contribution in [0.25, 0.3) is 0 Å². The summed E-state index contributed by atoms with van der Waals surface area (Å²) in [7, 11) is 0. The van der Waals surface area contributed by atoms with E-state index in [2.05, 4.69) is 5.32 Å². The predicted octanol–water partition coefficient (Wildman–Crippen LogP) is 3.43.